The number of benzene rings is 1. The SMILES string of the molecule is Cn1ncc(Oc2ccc(NC(=O)c3ccsc3)cc2)c(Cl)c1=O. The summed E-state index contributed by atoms with van der Waals surface area (Å²) in [6, 6.07) is 8.47. The first-order chi connectivity index (χ1) is 11.5. The van der Waals surface area contributed by atoms with E-state index in [2.05, 4.69) is 10.4 Å². The standard InChI is InChI=1S/C16H12ClN3O3S/c1-20-16(22)14(17)13(8-18-20)23-12-4-2-11(3-5-12)19-15(21)10-6-7-24-9-10/h2-9H,1H3,(H,19,21). The summed E-state index contributed by atoms with van der Waals surface area (Å²) in [5.74, 6) is 0.471. The Labute approximate surface area is 146 Å². The molecule has 0 atom stereocenters. The van der Waals surface area contributed by atoms with Crippen molar-refractivity contribution in [2.75, 3.05) is 5.32 Å². The number of aryl methyl sites for hydroxylation is 1. The lowest BCUT2D eigenvalue weighted by Gasteiger charge is -2.09. The van der Waals surface area contributed by atoms with Crippen LogP contribution in [0.4, 0.5) is 5.69 Å². The fourth-order valence-corrected chi connectivity index (χ4v) is 2.74. The number of anilines is 1. The predicted molar refractivity (Wildman–Crippen MR) is 93.3 cm³/mol. The van der Waals surface area contributed by atoms with E-state index in [9.17, 15) is 9.59 Å². The van der Waals surface area contributed by atoms with Crippen molar-refractivity contribution in [1.82, 2.24) is 9.78 Å². The molecule has 1 amide bonds. The number of halogens is 1. The lowest BCUT2D eigenvalue weighted by molar-refractivity contribution is 0.102. The second-order valence-corrected chi connectivity index (χ2v) is 6.00. The molecule has 0 spiro atoms. The Balaban J connectivity index is 1.72. The Morgan fingerprint density at radius 1 is 1.29 bits per heavy atom. The van der Waals surface area contributed by atoms with Crippen LogP contribution in [0, 0.1) is 0 Å². The highest BCUT2D eigenvalue weighted by molar-refractivity contribution is 7.08. The quantitative estimate of drug-likeness (QED) is 0.771. The molecule has 0 aliphatic rings. The van der Waals surface area contributed by atoms with Crippen LogP contribution >= 0.6 is 22.9 Å². The van der Waals surface area contributed by atoms with E-state index in [1.54, 1.807) is 35.7 Å². The van der Waals surface area contributed by atoms with E-state index in [4.69, 9.17) is 16.3 Å². The number of rotatable bonds is 4. The van der Waals surface area contributed by atoms with Gasteiger partial charge in [-0.2, -0.15) is 16.4 Å². The van der Waals surface area contributed by atoms with Crippen LogP contribution in [0.3, 0.4) is 0 Å². The van der Waals surface area contributed by atoms with Crippen LogP contribution in [0.15, 0.2) is 52.1 Å². The fraction of sp³-hybridized carbons (Fsp3) is 0.0625. The Bertz CT molecular complexity index is 921. The summed E-state index contributed by atoms with van der Waals surface area (Å²) in [4.78, 5) is 23.7. The van der Waals surface area contributed by atoms with E-state index < -0.39 is 5.56 Å². The summed E-state index contributed by atoms with van der Waals surface area (Å²) in [5.41, 5.74) is 0.805. The summed E-state index contributed by atoms with van der Waals surface area (Å²) in [5, 5.41) is 10.2. The molecule has 0 saturated heterocycles. The first kappa shape index (κ1) is 16.2. The highest BCUT2D eigenvalue weighted by Gasteiger charge is 2.10. The minimum absolute atomic E-state index is 0.0395. The van der Waals surface area contributed by atoms with Crippen molar-refractivity contribution < 1.29 is 9.53 Å². The third-order valence-electron chi connectivity index (χ3n) is 3.17. The number of nitrogens with one attached hydrogen (secondary N) is 1. The lowest BCUT2D eigenvalue weighted by Crippen LogP contribution is -2.19. The number of thiophene rings is 1. The number of hydrogen-bond acceptors (Lipinski definition) is 5. The van der Waals surface area contributed by atoms with Gasteiger partial charge >= 0.3 is 0 Å². The molecule has 24 heavy (non-hydrogen) atoms. The van der Waals surface area contributed by atoms with Crippen LogP contribution in [-0.2, 0) is 7.05 Å². The molecule has 3 aromatic rings. The van der Waals surface area contributed by atoms with Crippen LogP contribution in [0.5, 0.6) is 11.5 Å². The zero-order valence-electron chi connectivity index (χ0n) is 12.5. The fourth-order valence-electron chi connectivity index (χ4n) is 1.90. The maximum absolute atomic E-state index is 12.0. The molecule has 0 aliphatic carbocycles. The normalized spacial score (nSPS) is 10.4. The van der Waals surface area contributed by atoms with Crippen LogP contribution in [0.2, 0.25) is 5.02 Å². The molecule has 6 nitrogen and oxygen atoms in total. The maximum atomic E-state index is 12.0. The second-order valence-electron chi connectivity index (χ2n) is 4.84. The van der Waals surface area contributed by atoms with Crippen LogP contribution in [0.1, 0.15) is 10.4 Å². The van der Waals surface area contributed by atoms with Crippen molar-refractivity contribution in [3.05, 3.63) is 68.2 Å². The molecule has 1 N–H and O–H groups in total. The van der Waals surface area contributed by atoms with Gasteiger partial charge in [-0.3, -0.25) is 9.59 Å². The third kappa shape index (κ3) is 3.47. The van der Waals surface area contributed by atoms with E-state index in [-0.39, 0.29) is 16.7 Å². The van der Waals surface area contributed by atoms with Crippen LogP contribution < -0.4 is 15.6 Å². The molecule has 2 heterocycles. The van der Waals surface area contributed by atoms with Crippen molar-refractivity contribution in [2.45, 2.75) is 0 Å². The molecule has 0 fully saturated rings. The molecule has 2 aromatic heterocycles. The average molecular weight is 362 g/mol. The monoisotopic (exact) mass is 361 g/mol. The molecule has 3 rings (SSSR count). The Kier molecular flexibility index (Phi) is 4.64. The highest BCUT2D eigenvalue weighted by Crippen LogP contribution is 2.26. The van der Waals surface area contributed by atoms with E-state index in [1.165, 1.54) is 24.6 Å². The van der Waals surface area contributed by atoms with E-state index in [1.807, 2.05) is 5.38 Å². The minimum Gasteiger partial charge on any atom is -0.454 e. The van der Waals surface area contributed by atoms with Gasteiger partial charge in [0, 0.05) is 18.1 Å². The lowest BCUT2D eigenvalue weighted by atomic mass is 10.2. The largest absolute Gasteiger partial charge is 0.454 e. The molecule has 1 aromatic carbocycles. The smallest absolute Gasteiger partial charge is 0.289 e. The number of aromatic nitrogens is 2. The van der Waals surface area contributed by atoms with Gasteiger partial charge in [0.05, 0.1) is 11.8 Å². The van der Waals surface area contributed by atoms with Gasteiger partial charge in [-0.1, -0.05) is 11.6 Å². The molecule has 8 heteroatoms. The van der Waals surface area contributed by atoms with Crippen molar-refractivity contribution in [3.63, 3.8) is 0 Å². The number of amides is 1. The summed E-state index contributed by atoms with van der Waals surface area (Å²) in [6.07, 6.45) is 1.37. The summed E-state index contributed by atoms with van der Waals surface area (Å²) < 4.78 is 6.68. The Hall–Kier alpha value is -2.64. The molecule has 0 bridgehead atoms. The van der Waals surface area contributed by atoms with Crippen molar-refractivity contribution in [1.29, 1.82) is 0 Å². The second kappa shape index (κ2) is 6.86. The maximum Gasteiger partial charge on any atom is 0.289 e. The Morgan fingerprint density at radius 3 is 2.71 bits per heavy atom. The topological polar surface area (TPSA) is 73.2 Å². The molecule has 0 saturated carbocycles. The van der Waals surface area contributed by atoms with Crippen LogP contribution in [0.25, 0.3) is 0 Å². The Morgan fingerprint density at radius 2 is 2.04 bits per heavy atom. The molecule has 0 radical (unpaired) electrons. The minimum atomic E-state index is -0.436. The van der Waals surface area contributed by atoms with E-state index in [0.717, 1.165) is 4.68 Å². The van der Waals surface area contributed by atoms with Crippen LogP contribution in [-0.4, -0.2) is 15.7 Å². The van der Waals surface area contributed by atoms with Gasteiger partial charge in [-0.25, -0.2) is 4.68 Å². The zero-order chi connectivity index (χ0) is 17.1. The van der Waals surface area contributed by atoms with Gasteiger partial charge in [-0.15, -0.1) is 0 Å². The number of ether oxygens (including phenoxy) is 1. The van der Waals surface area contributed by atoms with Crippen molar-refractivity contribution in [3.8, 4) is 11.5 Å². The summed E-state index contributed by atoms with van der Waals surface area (Å²) in [7, 11) is 1.50. The van der Waals surface area contributed by atoms with Gasteiger partial charge in [-0.05, 0) is 35.7 Å². The number of hydrogen-bond donors (Lipinski definition) is 1. The molecule has 0 unspecified atom stereocenters. The van der Waals surface area contributed by atoms with Gasteiger partial charge in [0.25, 0.3) is 11.5 Å². The van der Waals surface area contributed by atoms with Gasteiger partial charge in [0.15, 0.2) is 10.8 Å². The first-order valence-electron chi connectivity index (χ1n) is 6.88. The van der Waals surface area contributed by atoms with E-state index >= 15 is 0 Å². The zero-order valence-corrected chi connectivity index (χ0v) is 14.1. The van der Waals surface area contributed by atoms with Gasteiger partial charge < -0.3 is 10.1 Å². The number of carbonyl (C=O) groups is 1. The van der Waals surface area contributed by atoms with E-state index in [0.29, 0.717) is 17.0 Å². The summed E-state index contributed by atoms with van der Waals surface area (Å²) in [6.45, 7) is 0. The molecular formula is C16H12ClN3O3S. The first-order valence-corrected chi connectivity index (χ1v) is 8.20. The summed E-state index contributed by atoms with van der Waals surface area (Å²) >= 11 is 7.41. The predicted octanol–water partition coefficient (Wildman–Crippen LogP) is 3.54. The highest BCUT2D eigenvalue weighted by atomic mass is 35.5. The molecule has 0 aliphatic heterocycles. The van der Waals surface area contributed by atoms with Crippen molar-refractivity contribution in [2.24, 2.45) is 7.05 Å². The molecule has 122 valence electrons. The van der Waals surface area contributed by atoms with Gasteiger partial charge in [0.2, 0.25) is 0 Å². The van der Waals surface area contributed by atoms with Crippen molar-refractivity contribution >= 4 is 34.5 Å². The number of nitrogens with zero attached hydrogens (tertiary/aromatic N) is 2. The molecular weight excluding hydrogens is 350 g/mol. The van der Waals surface area contributed by atoms with Gasteiger partial charge in [0.1, 0.15) is 5.75 Å². The third-order valence-corrected chi connectivity index (χ3v) is 4.20. The number of carbonyl (C=O) groups excluding carboxylic acids is 1. The average Bonchev–Trinajstić information content (AvgIpc) is 3.12.